The molecular weight excluding hydrogens is 302 g/mol. The molecule has 0 aromatic heterocycles. The zero-order valence-corrected chi connectivity index (χ0v) is 13.9. The number of amides is 1. The fraction of sp³-hybridized carbons (Fsp3) is 0.350. The standard InChI is InChI=1S/C20H23NO3/c1-24-18(16-9-3-2-4-10-16)19(22)21-14-20(23)13-7-11-15-8-5-6-12-17(15)20/h2-6,8-10,12,18,23H,7,11,13-14H2,1H3,(H,21,22)/t18-,20?/m1/s1. The van der Waals surface area contributed by atoms with Crippen molar-refractivity contribution in [1.82, 2.24) is 5.32 Å². The van der Waals surface area contributed by atoms with E-state index in [4.69, 9.17) is 4.74 Å². The van der Waals surface area contributed by atoms with Crippen molar-refractivity contribution >= 4 is 5.91 Å². The highest BCUT2D eigenvalue weighted by Gasteiger charge is 2.35. The SMILES string of the molecule is CO[C@@H](C(=O)NCC1(O)CCCc2ccccc21)c1ccccc1. The first-order valence-corrected chi connectivity index (χ1v) is 8.30. The van der Waals surface area contributed by atoms with E-state index in [9.17, 15) is 9.90 Å². The Kier molecular flexibility index (Phi) is 4.97. The zero-order valence-electron chi connectivity index (χ0n) is 13.9. The topological polar surface area (TPSA) is 58.6 Å². The maximum atomic E-state index is 12.5. The number of benzene rings is 2. The highest BCUT2D eigenvalue weighted by atomic mass is 16.5. The van der Waals surface area contributed by atoms with E-state index in [-0.39, 0.29) is 12.5 Å². The predicted molar refractivity (Wildman–Crippen MR) is 92.5 cm³/mol. The lowest BCUT2D eigenvalue weighted by Gasteiger charge is -2.35. The van der Waals surface area contributed by atoms with Crippen molar-refractivity contribution in [3.05, 3.63) is 71.3 Å². The van der Waals surface area contributed by atoms with Gasteiger partial charge in [-0.2, -0.15) is 0 Å². The molecule has 0 aliphatic heterocycles. The van der Waals surface area contributed by atoms with Gasteiger partial charge in [-0.05, 0) is 36.0 Å². The van der Waals surface area contributed by atoms with Gasteiger partial charge < -0.3 is 15.2 Å². The Morgan fingerprint density at radius 3 is 2.67 bits per heavy atom. The minimum absolute atomic E-state index is 0.190. The van der Waals surface area contributed by atoms with E-state index < -0.39 is 11.7 Å². The maximum absolute atomic E-state index is 12.5. The second-order valence-corrected chi connectivity index (χ2v) is 6.29. The number of aliphatic hydroxyl groups is 1. The van der Waals surface area contributed by atoms with E-state index in [1.54, 1.807) is 0 Å². The largest absolute Gasteiger partial charge is 0.383 e. The first kappa shape index (κ1) is 16.7. The Labute approximate surface area is 142 Å². The Morgan fingerprint density at radius 2 is 1.92 bits per heavy atom. The van der Waals surface area contributed by atoms with Crippen molar-refractivity contribution in [2.45, 2.75) is 31.0 Å². The third-order valence-electron chi connectivity index (χ3n) is 4.69. The van der Waals surface area contributed by atoms with Gasteiger partial charge in [-0.1, -0.05) is 54.6 Å². The lowest BCUT2D eigenvalue weighted by Crippen LogP contribution is -2.44. The third kappa shape index (κ3) is 3.35. The van der Waals surface area contributed by atoms with Crippen LogP contribution in [0.4, 0.5) is 0 Å². The van der Waals surface area contributed by atoms with Gasteiger partial charge in [0.05, 0.1) is 6.54 Å². The Hall–Kier alpha value is -2.17. The predicted octanol–water partition coefficient (Wildman–Crippen LogP) is 2.71. The summed E-state index contributed by atoms with van der Waals surface area (Å²) < 4.78 is 5.35. The summed E-state index contributed by atoms with van der Waals surface area (Å²) in [5, 5.41) is 13.9. The summed E-state index contributed by atoms with van der Waals surface area (Å²) in [6, 6.07) is 17.3. The highest BCUT2D eigenvalue weighted by Crippen LogP contribution is 2.34. The summed E-state index contributed by atoms with van der Waals surface area (Å²) in [6.45, 7) is 0.190. The summed E-state index contributed by atoms with van der Waals surface area (Å²) in [4.78, 5) is 12.5. The average molecular weight is 325 g/mol. The number of carbonyl (C=O) groups excluding carboxylic acids is 1. The number of carbonyl (C=O) groups is 1. The smallest absolute Gasteiger partial charge is 0.253 e. The lowest BCUT2D eigenvalue weighted by atomic mass is 9.79. The van der Waals surface area contributed by atoms with Crippen molar-refractivity contribution in [3.8, 4) is 0 Å². The number of hydrogen-bond acceptors (Lipinski definition) is 3. The molecule has 4 nitrogen and oxygen atoms in total. The van der Waals surface area contributed by atoms with Gasteiger partial charge >= 0.3 is 0 Å². The van der Waals surface area contributed by atoms with E-state index in [1.165, 1.54) is 7.11 Å². The molecule has 0 fully saturated rings. The molecule has 0 radical (unpaired) electrons. The van der Waals surface area contributed by atoms with Gasteiger partial charge in [0.25, 0.3) is 5.91 Å². The molecule has 1 aliphatic rings. The number of methoxy groups -OCH3 is 1. The van der Waals surface area contributed by atoms with Crippen LogP contribution in [-0.2, 0) is 21.6 Å². The average Bonchev–Trinajstić information content (AvgIpc) is 2.62. The third-order valence-corrected chi connectivity index (χ3v) is 4.69. The molecule has 0 heterocycles. The quantitative estimate of drug-likeness (QED) is 0.889. The molecule has 1 amide bonds. The summed E-state index contributed by atoms with van der Waals surface area (Å²) in [7, 11) is 1.52. The van der Waals surface area contributed by atoms with E-state index in [2.05, 4.69) is 5.32 Å². The zero-order chi connectivity index (χ0) is 17.0. The highest BCUT2D eigenvalue weighted by molar-refractivity contribution is 5.82. The van der Waals surface area contributed by atoms with Crippen molar-refractivity contribution < 1.29 is 14.6 Å². The monoisotopic (exact) mass is 325 g/mol. The van der Waals surface area contributed by atoms with Crippen LogP contribution in [0.2, 0.25) is 0 Å². The van der Waals surface area contributed by atoms with Gasteiger partial charge in [0.15, 0.2) is 6.10 Å². The van der Waals surface area contributed by atoms with Crippen LogP contribution >= 0.6 is 0 Å². The molecular formula is C20H23NO3. The van der Waals surface area contributed by atoms with Crippen LogP contribution in [-0.4, -0.2) is 24.7 Å². The Morgan fingerprint density at radius 1 is 1.21 bits per heavy atom. The molecule has 1 aliphatic carbocycles. The molecule has 2 aromatic rings. The maximum Gasteiger partial charge on any atom is 0.253 e. The lowest BCUT2D eigenvalue weighted by molar-refractivity contribution is -0.133. The van der Waals surface area contributed by atoms with Gasteiger partial charge in [0.1, 0.15) is 5.60 Å². The molecule has 4 heteroatoms. The second-order valence-electron chi connectivity index (χ2n) is 6.29. The van der Waals surface area contributed by atoms with E-state index in [0.717, 1.165) is 29.5 Å². The van der Waals surface area contributed by atoms with Crippen LogP contribution in [0.25, 0.3) is 0 Å². The van der Waals surface area contributed by atoms with Crippen LogP contribution in [0.5, 0.6) is 0 Å². The first-order chi connectivity index (χ1) is 11.6. The fourth-order valence-corrected chi connectivity index (χ4v) is 3.43. The van der Waals surface area contributed by atoms with Gasteiger partial charge in [-0.15, -0.1) is 0 Å². The fourth-order valence-electron chi connectivity index (χ4n) is 3.43. The molecule has 1 unspecified atom stereocenters. The van der Waals surface area contributed by atoms with Crippen molar-refractivity contribution in [3.63, 3.8) is 0 Å². The van der Waals surface area contributed by atoms with E-state index in [1.807, 2.05) is 54.6 Å². The molecule has 126 valence electrons. The Bertz CT molecular complexity index is 701. The van der Waals surface area contributed by atoms with Crippen LogP contribution < -0.4 is 5.32 Å². The van der Waals surface area contributed by atoms with Gasteiger partial charge in [-0.25, -0.2) is 0 Å². The Balaban J connectivity index is 1.72. The molecule has 0 bridgehead atoms. The van der Waals surface area contributed by atoms with Crippen molar-refractivity contribution in [1.29, 1.82) is 0 Å². The molecule has 24 heavy (non-hydrogen) atoms. The van der Waals surface area contributed by atoms with Gasteiger partial charge in [0.2, 0.25) is 0 Å². The first-order valence-electron chi connectivity index (χ1n) is 8.30. The van der Waals surface area contributed by atoms with Gasteiger partial charge in [-0.3, -0.25) is 4.79 Å². The minimum atomic E-state index is -1.01. The van der Waals surface area contributed by atoms with Crippen molar-refractivity contribution in [2.24, 2.45) is 0 Å². The molecule has 0 saturated heterocycles. The summed E-state index contributed by atoms with van der Waals surface area (Å²) in [5.74, 6) is -0.236. The number of aryl methyl sites for hydroxylation is 1. The summed E-state index contributed by atoms with van der Waals surface area (Å²) in [6.07, 6.45) is 1.86. The van der Waals surface area contributed by atoms with Crippen LogP contribution in [0.15, 0.2) is 54.6 Å². The number of rotatable bonds is 5. The normalized spacial score (nSPS) is 20.9. The molecule has 3 rings (SSSR count). The van der Waals surface area contributed by atoms with E-state index in [0.29, 0.717) is 6.42 Å². The molecule has 0 spiro atoms. The molecule has 2 N–H and O–H groups in total. The summed E-state index contributed by atoms with van der Waals surface area (Å²) >= 11 is 0. The number of ether oxygens (including phenoxy) is 1. The minimum Gasteiger partial charge on any atom is -0.383 e. The molecule has 2 aromatic carbocycles. The molecule has 2 atom stereocenters. The molecule has 0 saturated carbocycles. The van der Waals surface area contributed by atoms with Crippen LogP contribution in [0.1, 0.15) is 35.6 Å². The second kappa shape index (κ2) is 7.16. The van der Waals surface area contributed by atoms with Crippen LogP contribution in [0.3, 0.4) is 0 Å². The van der Waals surface area contributed by atoms with E-state index >= 15 is 0 Å². The summed E-state index contributed by atoms with van der Waals surface area (Å²) in [5.41, 5.74) is 1.87. The van der Waals surface area contributed by atoms with Crippen molar-refractivity contribution in [2.75, 3.05) is 13.7 Å². The number of nitrogens with one attached hydrogen (secondary N) is 1. The van der Waals surface area contributed by atoms with Crippen LogP contribution in [0, 0.1) is 0 Å². The van der Waals surface area contributed by atoms with Gasteiger partial charge in [0, 0.05) is 7.11 Å². The number of fused-ring (bicyclic) bond motifs is 1. The number of hydrogen-bond donors (Lipinski definition) is 2.